The maximum atomic E-state index is 4.97. The Kier molecular flexibility index (Phi) is 2.08. The van der Waals surface area contributed by atoms with Crippen molar-refractivity contribution in [1.29, 1.82) is 0 Å². The van der Waals surface area contributed by atoms with Crippen molar-refractivity contribution < 1.29 is 4.52 Å². The Morgan fingerprint density at radius 1 is 1.07 bits per heavy atom. The highest BCUT2D eigenvalue weighted by atomic mass is 16.5. The highest BCUT2D eigenvalue weighted by molar-refractivity contribution is 5.63. The molecule has 0 bridgehead atoms. The number of nitrogens with zero attached hydrogens (tertiary/aromatic N) is 2. The molecule has 0 aliphatic heterocycles. The summed E-state index contributed by atoms with van der Waals surface area (Å²) in [6, 6.07) is 6.13. The van der Waals surface area contributed by atoms with Gasteiger partial charge in [0.25, 0.3) is 0 Å². The van der Waals surface area contributed by atoms with E-state index in [9.17, 15) is 0 Å². The Labute approximate surface area is 82.8 Å². The topological polar surface area (TPSA) is 38.9 Å². The van der Waals surface area contributed by atoms with E-state index in [2.05, 4.69) is 10.1 Å². The van der Waals surface area contributed by atoms with Gasteiger partial charge in [0.05, 0.1) is 0 Å². The predicted molar refractivity (Wildman–Crippen MR) is 53.9 cm³/mol. The lowest BCUT2D eigenvalue weighted by Crippen LogP contribution is -1.89. The number of benzene rings is 1. The van der Waals surface area contributed by atoms with Crippen molar-refractivity contribution in [1.82, 2.24) is 10.1 Å². The van der Waals surface area contributed by atoms with E-state index in [1.54, 1.807) is 6.92 Å². The average Bonchev–Trinajstić information content (AvgIpc) is 2.51. The molecule has 0 aliphatic rings. The van der Waals surface area contributed by atoms with Gasteiger partial charge in [-0.1, -0.05) is 23.4 Å². The van der Waals surface area contributed by atoms with E-state index in [4.69, 9.17) is 4.52 Å². The molecular weight excluding hydrogens is 176 g/mol. The highest BCUT2D eigenvalue weighted by Crippen LogP contribution is 2.23. The van der Waals surface area contributed by atoms with Gasteiger partial charge in [0.2, 0.25) is 11.7 Å². The van der Waals surface area contributed by atoms with Crippen LogP contribution in [-0.2, 0) is 0 Å². The number of aromatic nitrogens is 2. The first-order valence-electron chi connectivity index (χ1n) is 4.55. The summed E-state index contributed by atoms with van der Waals surface area (Å²) in [6.07, 6.45) is 0. The van der Waals surface area contributed by atoms with Crippen LogP contribution in [0.15, 0.2) is 22.7 Å². The van der Waals surface area contributed by atoms with Gasteiger partial charge in [-0.05, 0) is 25.0 Å². The lowest BCUT2D eigenvalue weighted by atomic mass is 10.0. The molecule has 3 heteroatoms. The van der Waals surface area contributed by atoms with Crippen LogP contribution in [0, 0.1) is 20.8 Å². The van der Waals surface area contributed by atoms with E-state index >= 15 is 0 Å². The van der Waals surface area contributed by atoms with Crippen LogP contribution in [0.5, 0.6) is 0 Å². The monoisotopic (exact) mass is 188 g/mol. The number of hydrogen-bond donors (Lipinski definition) is 0. The number of hydrogen-bond acceptors (Lipinski definition) is 3. The third kappa shape index (κ3) is 1.41. The minimum absolute atomic E-state index is 0.600. The van der Waals surface area contributed by atoms with Gasteiger partial charge in [-0.3, -0.25) is 0 Å². The Hall–Kier alpha value is -1.64. The normalized spacial score (nSPS) is 10.5. The van der Waals surface area contributed by atoms with Gasteiger partial charge in [0.15, 0.2) is 0 Å². The van der Waals surface area contributed by atoms with Gasteiger partial charge in [0, 0.05) is 12.5 Å². The third-order valence-electron chi connectivity index (χ3n) is 2.23. The van der Waals surface area contributed by atoms with E-state index in [0.717, 1.165) is 5.56 Å². The first-order valence-corrected chi connectivity index (χ1v) is 4.55. The fraction of sp³-hybridized carbons (Fsp3) is 0.273. The summed E-state index contributed by atoms with van der Waals surface area (Å²) in [5.41, 5.74) is 3.42. The van der Waals surface area contributed by atoms with Crippen LogP contribution >= 0.6 is 0 Å². The molecule has 2 rings (SSSR count). The summed E-state index contributed by atoms with van der Waals surface area (Å²) < 4.78 is 4.97. The molecular formula is C11H12N2O. The van der Waals surface area contributed by atoms with E-state index < -0.39 is 0 Å². The molecule has 72 valence electrons. The van der Waals surface area contributed by atoms with Crippen LogP contribution in [0.2, 0.25) is 0 Å². The molecule has 0 aliphatic carbocycles. The van der Waals surface area contributed by atoms with Crippen molar-refractivity contribution in [3.8, 4) is 11.4 Å². The molecule has 0 saturated carbocycles. The zero-order valence-electron chi connectivity index (χ0n) is 8.53. The van der Waals surface area contributed by atoms with Crippen molar-refractivity contribution in [3.63, 3.8) is 0 Å². The molecule has 14 heavy (non-hydrogen) atoms. The Balaban J connectivity index is 2.61. The minimum Gasteiger partial charge on any atom is -0.339 e. The molecule has 1 heterocycles. The van der Waals surface area contributed by atoms with Crippen molar-refractivity contribution in [2.75, 3.05) is 0 Å². The molecule has 3 nitrogen and oxygen atoms in total. The van der Waals surface area contributed by atoms with Crippen molar-refractivity contribution in [2.24, 2.45) is 0 Å². The quantitative estimate of drug-likeness (QED) is 0.690. The predicted octanol–water partition coefficient (Wildman–Crippen LogP) is 2.66. The van der Waals surface area contributed by atoms with Gasteiger partial charge < -0.3 is 4.52 Å². The van der Waals surface area contributed by atoms with Crippen LogP contribution in [0.25, 0.3) is 11.4 Å². The van der Waals surface area contributed by atoms with Gasteiger partial charge in [0.1, 0.15) is 0 Å². The van der Waals surface area contributed by atoms with Crippen molar-refractivity contribution in [3.05, 3.63) is 35.2 Å². The molecule has 0 saturated heterocycles. The summed E-state index contributed by atoms with van der Waals surface area (Å²) >= 11 is 0. The molecule has 2 aromatic rings. The van der Waals surface area contributed by atoms with Crippen LogP contribution in [-0.4, -0.2) is 10.1 Å². The smallest absolute Gasteiger partial charge is 0.223 e. The molecule has 0 fully saturated rings. The minimum atomic E-state index is 0.600. The summed E-state index contributed by atoms with van der Waals surface area (Å²) in [6.45, 7) is 5.90. The van der Waals surface area contributed by atoms with E-state index in [0.29, 0.717) is 11.7 Å². The first kappa shape index (κ1) is 8.94. The fourth-order valence-corrected chi connectivity index (χ4v) is 1.57. The lowest BCUT2D eigenvalue weighted by Gasteiger charge is -2.03. The highest BCUT2D eigenvalue weighted by Gasteiger charge is 2.10. The summed E-state index contributed by atoms with van der Waals surface area (Å²) in [5, 5.41) is 3.92. The largest absolute Gasteiger partial charge is 0.339 e. The zero-order valence-corrected chi connectivity index (χ0v) is 8.53. The molecule has 0 amide bonds. The second kappa shape index (κ2) is 3.25. The lowest BCUT2D eigenvalue weighted by molar-refractivity contribution is 0.394. The molecule has 0 spiro atoms. The SMILES string of the molecule is Cc1nc(-c2c(C)cccc2C)no1. The summed E-state index contributed by atoms with van der Waals surface area (Å²) in [5.74, 6) is 1.28. The molecule has 0 radical (unpaired) electrons. The standard InChI is InChI=1S/C11H12N2O/c1-7-5-4-6-8(2)10(7)11-12-9(3)14-13-11/h4-6H,1-3H3. The van der Waals surface area contributed by atoms with Crippen LogP contribution < -0.4 is 0 Å². The van der Waals surface area contributed by atoms with Gasteiger partial charge in [-0.2, -0.15) is 4.98 Å². The molecule has 1 aromatic carbocycles. The summed E-state index contributed by atoms with van der Waals surface area (Å²) in [7, 11) is 0. The fourth-order valence-electron chi connectivity index (χ4n) is 1.57. The van der Waals surface area contributed by atoms with Crippen LogP contribution in [0.4, 0.5) is 0 Å². The molecule has 0 atom stereocenters. The Bertz CT molecular complexity index is 440. The third-order valence-corrected chi connectivity index (χ3v) is 2.23. The Morgan fingerprint density at radius 2 is 1.71 bits per heavy atom. The maximum Gasteiger partial charge on any atom is 0.223 e. The van der Waals surface area contributed by atoms with Gasteiger partial charge >= 0.3 is 0 Å². The van der Waals surface area contributed by atoms with Crippen molar-refractivity contribution >= 4 is 0 Å². The molecule has 0 N–H and O–H groups in total. The number of rotatable bonds is 1. The van der Waals surface area contributed by atoms with Crippen LogP contribution in [0.3, 0.4) is 0 Å². The van der Waals surface area contributed by atoms with Crippen molar-refractivity contribution in [2.45, 2.75) is 20.8 Å². The average molecular weight is 188 g/mol. The maximum absolute atomic E-state index is 4.97. The number of aryl methyl sites for hydroxylation is 3. The van der Waals surface area contributed by atoms with E-state index in [1.807, 2.05) is 32.0 Å². The second-order valence-corrected chi connectivity index (χ2v) is 3.40. The molecule has 1 aromatic heterocycles. The second-order valence-electron chi connectivity index (χ2n) is 3.40. The zero-order chi connectivity index (χ0) is 10.1. The van der Waals surface area contributed by atoms with Crippen LogP contribution in [0.1, 0.15) is 17.0 Å². The van der Waals surface area contributed by atoms with Gasteiger partial charge in [-0.15, -0.1) is 0 Å². The van der Waals surface area contributed by atoms with E-state index in [1.165, 1.54) is 11.1 Å². The summed E-state index contributed by atoms with van der Waals surface area (Å²) in [4.78, 5) is 4.22. The van der Waals surface area contributed by atoms with E-state index in [-0.39, 0.29) is 0 Å². The first-order chi connectivity index (χ1) is 6.68. The Morgan fingerprint density at radius 3 is 2.21 bits per heavy atom. The van der Waals surface area contributed by atoms with Gasteiger partial charge in [-0.25, -0.2) is 0 Å². The molecule has 0 unspecified atom stereocenters.